The fourth-order valence-electron chi connectivity index (χ4n) is 3.93. The number of carbonyl (C=O) groups is 1. The van der Waals surface area contributed by atoms with Crippen LogP contribution in [0, 0.1) is 17.7 Å². The molecule has 0 saturated heterocycles. The van der Waals surface area contributed by atoms with Gasteiger partial charge in [-0.2, -0.15) is 0 Å². The van der Waals surface area contributed by atoms with E-state index in [9.17, 15) is 9.18 Å². The minimum atomic E-state index is -0.356. The van der Waals surface area contributed by atoms with E-state index in [1.54, 1.807) is 30.6 Å². The van der Waals surface area contributed by atoms with Crippen molar-refractivity contribution in [3.63, 3.8) is 0 Å². The molecule has 3 heterocycles. The number of fused-ring (bicyclic) bond motifs is 1. The largest absolute Gasteiger partial charge is 0.338 e. The number of aromatic nitrogens is 3. The summed E-state index contributed by atoms with van der Waals surface area (Å²) < 4.78 is 14.3. The second-order valence-electron chi connectivity index (χ2n) is 7.99. The van der Waals surface area contributed by atoms with E-state index in [1.165, 1.54) is 6.07 Å². The number of para-hydroxylation sites is 1. The quantitative estimate of drug-likeness (QED) is 0.714. The summed E-state index contributed by atoms with van der Waals surface area (Å²) in [6, 6.07) is 10.2. The van der Waals surface area contributed by atoms with Crippen LogP contribution in [0.25, 0.3) is 11.4 Å². The summed E-state index contributed by atoms with van der Waals surface area (Å²) in [6.07, 6.45) is 4.99. The number of amides is 1. The molecule has 1 saturated carbocycles. The first-order valence-corrected chi connectivity index (χ1v) is 10.2. The number of nitrogens with zero attached hydrogens (tertiary/aromatic N) is 4. The fraction of sp³-hybridized carbons (Fsp3) is 0.304. The maximum absolute atomic E-state index is 14.3. The highest BCUT2D eigenvalue weighted by Gasteiger charge is 2.42. The number of halogens is 1. The fourth-order valence-corrected chi connectivity index (χ4v) is 3.93. The molecule has 0 spiro atoms. The van der Waals surface area contributed by atoms with Gasteiger partial charge in [0.1, 0.15) is 11.6 Å². The summed E-state index contributed by atoms with van der Waals surface area (Å²) in [6.45, 7) is 3.18. The number of rotatable bonds is 4. The van der Waals surface area contributed by atoms with Gasteiger partial charge in [0.25, 0.3) is 0 Å². The van der Waals surface area contributed by atoms with Crippen LogP contribution in [-0.2, 0) is 17.8 Å². The van der Waals surface area contributed by atoms with Crippen molar-refractivity contribution in [3.05, 3.63) is 65.9 Å². The smallest absolute Gasteiger partial charge is 0.226 e. The average molecular weight is 403 g/mol. The van der Waals surface area contributed by atoms with Gasteiger partial charge in [-0.3, -0.25) is 9.78 Å². The SMILES string of the molecule is CC1CC1C(=O)N1CCc2nc(-c3ccncc3)nc(Nc3ccccc3F)c2C1. The molecule has 1 N–H and O–H groups in total. The van der Waals surface area contributed by atoms with Gasteiger partial charge in [-0.25, -0.2) is 14.4 Å². The lowest BCUT2D eigenvalue weighted by atomic mass is 10.0. The van der Waals surface area contributed by atoms with Crippen molar-refractivity contribution >= 4 is 17.4 Å². The summed E-state index contributed by atoms with van der Waals surface area (Å²) in [5, 5.41) is 3.14. The normalized spacial score (nSPS) is 19.9. The molecule has 1 fully saturated rings. The van der Waals surface area contributed by atoms with E-state index in [2.05, 4.69) is 17.2 Å². The Balaban J connectivity index is 1.54. The zero-order valence-electron chi connectivity index (χ0n) is 16.7. The molecule has 2 unspecified atom stereocenters. The number of nitrogens with one attached hydrogen (secondary N) is 1. The van der Waals surface area contributed by atoms with Gasteiger partial charge in [0.2, 0.25) is 5.91 Å². The molecule has 1 aliphatic heterocycles. The van der Waals surface area contributed by atoms with Gasteiger partial charge >= 0.3 is 0 Å². The van der Waals surface area contributed by atoms with Crippen molar-refractivity contribution in [2.24, 2.45) is 11.8 Å². The molecule has 152 valence electrons. The third-order valence-corrected chi connectivity index (χ3v) is 5.86. The minimum absolute atomic E-state index is 0.131. The van der Waals surface area contributed by atoms with Crippen molar-refractivity contribution in [3.8, 4) is 11.4 Å². The van der Waals surface area contributed by atoms with Crippen LogP contribution < -0.4 is 5.32 Å². The van der Waals surface area contributed by atoms with Gasteiger partial charge in [0.05, 0.1) is 17.9 Å². The number of carbonyl (C=O) groups excluding carboxylic acids is 1. The second-order valence-corrected chi connectivity index (χ2v) is 7.99. The highest BCUT2D eigenvalue weighted by molar-refractivity contribution is 5.82. The molecule has 3 aromatic rings. The first kappa shape index (κ1) is 18.7. The van der Waals surface area contributed by atoms with Gasteiger partial charge in [0.15, 0.2) is 5.82 Å². The third-order valence-electron chi connectivity index (χ3n) is 5.86. The monoisotopic (exact) mass is 403 g/mol. The van der Waals surface area contributed by atoms with Crippen LogP contribution in [0.15, 0.2) is 48.8 Å². The van der Waals surface area contributed by atoms with E-state index in [0.717, 1.165) is 23.2 Å². The van der Waals surface area contributed by atoms with Crippen molar-refractivity contribution in [1.29, 1.82) is 0 Å². The van der Waals surface area contributed by atoms with Crippen LogP contribution in [0.1, 0.15) is 24.6 Å². The lowest BCUT2D eigenvalue weighted by Crippen LogP contribution is -2.38. The second kappa shape index (κ2) is 7.48. The molecule has 2 aromatic heterocycles. The van der Waals surface area contributed by atoms with E-state index < -0.39 is 0 Å². The Morgan fingerprint density at radius 1 is 1.17 bits per heavy atom. The van der Waals surface area contributed by atoms with Crippen LogP contribution in [0.2, 0.25) is 0 Å². The molecule has 1 amide bonds. The molecule has 1 aromatic carbocycles. The van der Waals surface area contributed by atoms with Crippen LogP contribution in [0.5, 0.6) is 0 Å². The number of benzene rings is 1. The molecule has 5 rings (SSSR count). The van der Waals surface area contributed by atoms with Crippen molar-refractivity contribution < 1.29 is 9.18 Å². The number of hydrogen-bond donors (Lipinski definition) is 1. The van der Waals surface area contributed by atoms with Gasteiger partial charge in [-0.1, -0.05) is 19.1 Å². The predicted octanol–water partition coefficient (Wildman–Crippen LogP) is 3.96. The van der Waals surface area contributed by atoms with E-state index in [0.29, 0.717) is 42.8 Å². The Kier molecular flexibility index (Phi) is 4.65. The van der Waals surface area contributed by atoms with Crippen LogP contribution in [0.4, 0.5) is 15.9 Å². The number of anilines is 2. The van der Waals surface area contributed by atoms with Crippen LogP contribution in [0.3, 0.4) is 0 Å². The minimum Gasteiger partial charge on any atom is -0.338 e. The maximum Gasteiger partial charge on any atom is 0.226 e. The Bertz CT molecular complexity index is 1100. The Labute approximate surface area is 174 Å². The molecule has 30 heavy (non-hydrogen) atoms. The summed E-state index contributed by atoms with van der Waals surface area (Å²) in [5.41, 5.74) is 2.93. The van der Waals surface area contributed by atoms with Crippen LogP contribution in [-0.4, -0.2) is 32.3 Å². The van der Waals surface area contributed by atoms with Crippen molar-refractivity contribution in [1.82, 2.24) is 19.9 Å². The molecular formula is C23H22FN5O. The summed E-state index contributed by atoms with van der Waals surface area (Å²) >= 11 is 0. The molecule has 1 aliphatic carbocycles. The molecular weight excluding hydrogens is 381 g/mol. The summed E-state index contributed by atoms with van der Waals surface area (Å²) in [4.78, 5) is 28.2. The summed E-state index contributed by atoms with van der Waals surface area (Å²) in [5.74, 6) is 1.53. The topological polar surface area (TPSA) is 71.0 Å². The molecule has 0 bridgehead atoms. The zero-order chi connectivity index (χ0) is 20.7. The van der Waals surface area contributed by atoms with Crippen molar-refractivity contribution in [2.45, 2.75) is 26.3 Å². The van der Waals surface area contributed by atoms with Gasteiger partial charge in [-0.05, 0) is 36.6 Å². The van der Waals surface area contributed by atoms with E-state index in [-0.39, 0.29) is 17.6 Å². The van der Waals surface area contributed by atoms with Gasteiger partial charge < -0.3 is 10.2 Å². The van der Waals surface area contributed by atoms with E-state index >= 15 is 0 Å². The first-order valence-electron chi connectivity index (χ1n) is 10.2. The maximum atomic E-state index is 14.3. The number of hydrogen-bond acceptors (Lipinski definition) is 5. The zero-order valence-corrected chi connectivity index (χ0v) is 16.7. The highest BCUT2D eigenvalue weighted by atomic mass is 19.1. The predicted molar refractivity (Wildman–Crippen MR) is 111 cm³/mol. The molecule has 0 radical (unpaired) electrons. The van der Waals surface area contributed by atoms with Crippen LogP contribution >= 0.6 is 0 Å². The Morgan fingerprint density at radius 2 is 1.93 bits per heavy atom. The number of pyridine rings is 1. The van der Waals surface area contributed by atoms with Crippen molar-refractivity contribution in [2.75, 3.05) is 11.9 Å². The molecule has 7 heteroatoms. The molecule has 2 aliphatic rings. The first-order chi connectivity index (χ1) is 14.6. The molecule has 2 atom stereocenters. The van der Waals surface area contributed by atoms with E-state index in [4.69, 9.17) is 9.97 Å². The standard InChI is InChI=1S/C23H22FN5O/c1-14-12-16(14)23(30)29-11-8-19-17(13-29)22(27-20-5-3-2-4-18(20)24)28-21(26-19)15-6-9-25-10-7-15/h2-7,9-10,14,16H,8,11-13H2,1H3,(H,26,27,28). The lowest BCUT2D eigenvalue weighted by molar-refractivity contribution is -0.133. The lowest BCUT2D eigenvalue weighted by Gasteiger charge is -2.30. The van der Waals surface area contributed by atoms with Gasteiger partial charge in [0, 0.05) is 42.4 Å². The van der Waals surface area contributed by atoms with E-state index in [1.807, 2.05) is 17.0 Å². The Morgan fingerprint density at radius 3 is 2.67 bits per heavy atom. The summed E-state index contributed by atoms with van der Waals surface area (Å²) in [7, 11) is 0. The highest BCUT2D eigenvalue weighted by Crippen LogP contribution is 2.40. The molecule has 6 nitrogen and oxygen atoms in total. The average Bonchev–Trinajstić information content (AvgIpc) is 3.51. The third kappa shape index (κ3) is 3.51. The van der Waals surface area contributed by atoms with Gasteiger partial charge in [-0.15, -0.1) is 0 Å². The Hall–Kier alpha value is -3.35.